The van der Waals surface area contributed by atoms with Crippen LogP contribution in [-0.2, 0) is 6.42 Å². The summed E-state index contributed by atoms with van der Waals surface area (Å²) in [7, 11) is 0. The second-order valence-corrected chi connectivity index (χ2v) is 5.84. The van der Waals surface area contributed by atoms with Crippen LogP contribution in [0.4, 0.5) is 0 Å². The Labute approximate surface area is 128 Å². The van der Waals surface area contributed by atoms with Gasteiger partial charge < -0.3 is 14.3 Å². The van der Waals surface area contributed by atoms with Crippen molar-refractivity contribution < 1.29 is 9.21 Å². The maximum absolute atomic E-state index is 12.5. The number of fused-ring (bicyclic) bond motifs is 1. The van der Waals surface area contributed by atoms with Gasteiger partial charge in [-0.25, -0.2) is 0 Å². The Morgan fingerprint density at radius 2 is 2.18 bits per heavy atom. The third kappa shape index (κ3) is 2.21. The van der Waals surface area contributed by atoms with E-state index >= 15 is 0 Å². The van der Waals surface area contributed by atoms with Gasteiger partial charge in [-0.3, -0.25) is 4.79 Å². The van der Waals surface area contributed by atoms with E-state index in [-0.39, 0.29) is 11.9 Å². The molecule has 4 nitrogen and oxygen atoms in total. The lowest BCUT2D eigenvalue weighted by Crippen LogP contribution is -2.36. The molecule has 0 spiro atoms. The number of para-hydroxylation sites is 1. The van der Waals surface area contributed by atoms with E-state index in [1.54, 1.807) is 18.4 Å². The van der Waals surface area contributed by atoms with Gasteiger partial charge in [0.25, 0.3) is 5.91 Å². The zero-order valence-electron chi connectivity index (χ0n) is 12.3. The van der Waals surface area contributed by atoms with Crippen LogP contribution in [0, 0.1) is 0 Å². The zero-order chi connectivity index (χ0) is 14.9. The molecule has 1 atom stereocenters. The smallest absolute Gasteiger partial charge is 0.289 e. The summed E-state index contributed by atoms with van der Waals surface area (Å²) >= 11 is 0. The van der Waals surface area contributed by atoms with Gasteiger partial charge in [0, 0.05) is 29.7 Å². The normalized spacial score (nSPS) is 18.2. The minimum absolute atomic E-state index is 0.00680. The van der Waals surface area contributed by atoms with Gasteiger partial charge in [-0.2, -0.15) is 0 Å². The molecule has 2 aromatic heterocycles. The maximum atomic E-state index is 12.5. The molecular formula is C18H18N2O2. The van der Waals surface area contributed by atoms with Gasteiger partial charge in [0.05, 0.1) is 6.26 Å². The number of nitrogens with zero attached hydrogens (tertiary/aromatic N) is 1. The number of hydrogen-bond donors (Lipinski definition) is 1. The first-order valence-electron chi connectivity index (χ1n) is 7.72. The molecule has 3 aromatic rings. The molecule has 1 saturated heterocycles. The molecule has 22 heavy (non-hydrogen) atoms. The van der Waals surface area contributed by atoms with E-state index < -0.39 is 0 Å². The first-order chi connectivity index (χ1) is 10.8. The van der Waals surface area contributed by atoms with Crippen LogP contribution in [0.3, 0.4) is 0 Å². The molecule has 3 heterocycles. The van der Waals surface area contributed by atoms with Crippen LogP contribution in [0.25, 0.3) is 10.9 Å². The van der Waals surface area contributed by atoms with Crippen molar-refractivity contribution in [1.29, 1.82) is 0 Å². The highest BCUT2D eigenvalue weighted by Gasteiger charge is 2.31. The SMILES string of the molecule is O=C(c1ccco1)N1CCCC1Cc1c[nH]c2ccccc12. The zero-order valence-corrected chi connectivity index (χ0v) is 12.3. The number of carbonyl (C=O) groups is 1. The van der Waals surface area contributed by atoms with E-state index in [1.165, 1.54) is 10.9 Å². The Kier molecular flexibility index (Phi) is 3.22. The van der Waals surface area contributed by atoms with Gasteiger partial charge >= 0.3 is 0 Å². The van der Waals surface area contributed by atoms with Crippen molar-refractivity contribution in [2.45, 2.75) is 25.3 Å². The first-order valence-corrected chi connectivity index (χ1v) is 7.72. The fraction of sp³-hybridized carbons (Fsp3) is 0.278. The second-order valence-electron chi connectivity index (χ2n) is 5.84. The lowest BCUT2D eigenvalue weighted by Gasteiger charge is -2.23. The standard InChI is InChI=1S/C18H18N2O2/c21-18(17-8-4-10-22-17)20-9-3-5-14(20)11-13-12-19-16-7-2-1-6-15(13)16/h1-2,4,6-8,10,12,14,19H,3,5,9,11H2. The highest BCUT2D eigenvalue weighted by molar-refractivity contribution is 5.92. The van der Waals surface area contributed by atoms with E-state index in [0.29, 0.717) is 5.76 Å². The Hall–Kier alpha value is -2.49. The summed E-state index contributed by atoms with van der Waals surface area (Å²) < 4.78 is 5.26. The Bertz CT molecular complexity index is 788. The van der Waals surface area contributed by atoms with Crippen LogP contribution in [0.1, 0.15) is 29.0 Å². The predicted octanol–water partition coefficient (Wildman–Crippen LogP) is 3.61. The largest absolute Gasteiger partial charge is 0.459 e. The highest BCUT2D eigenvalue weighted by Crippen LogP contribution is 2.26. The highest BCUT2D eigenvalue weighted by atomic mass is 16.3. The molecule has 1 unspecified atom stereocenters. The number of nitrogens with one attached hydrogen (secondary N) is 1. The van der Waals surface area contributed by atoms with Gasteiger partial charge in [0.15, 0.2) is 5.76 Å². The summed E-state index contributed by atoms with van der Waals surface area (Å²) in [6.07, 6.45) is 6.61. The van der Waals surface area contributed by atoms with Crippen LogP contribution in [0.5, 0.6) is 0 Å². The Morgan fingerprint density at radius 3 is 3.05 bits per heavy atom. The molecule has 1 fully saturated rings. The molecule has 4 rings (SSSR count). The summed E-state index contributed by atoms with van der Waals surface area (Å²) in [6.45, 7) is 0.812. The molecule has 1 amide bonds. The van der Waals surface area contributed by atoms with Crippen molar-refractivity contribution in [3.05, 3.63) is 60.2 Å². The number of carbonyl (C=O) groups excluding carboxylic acids is 1. The number of H-pyrrole nitrogens is 1. The minimum Gasteiger partial charge on any atom is -0.459 e. The van der Waals surface area contributed by atoms with Gasteiger partial charge in [-0.05, 0) is 43.0 Å². The van der Waals surface area contributed by atoms with Gasteiger partial charge in [-0.1, -0.05) is 18.2 Å². The minimum atomic E-state index is 0.00680. The van der Waals surface area contributed by atoms with Crippen molar-refractivity contribution in [3.63, 3.8) is 0 Å². The summed E-state index contributed by atoms with van der Waals surface area (Å²) in [6, 6.07) is 12.1. The van der Waals surface area contributed by atoms with E-state index in [4.69, 9.17) is 4.42 Å². The van der Waals surface area contributed by atoms with Crippen molar-refractivity contribution in [1.82, 2.24) is 9.88 Å². The van der Waals surface area contributed by atoms with Gasteiger partial charge in [-0.15, -0.1) is 0 Å². The summed E-state index contributed by atoms with van der Waals surface area (Å²) in [5.74, 6) is 0.443. The van der Waals surface area contributed by atoms with Crippen LogP contribution >= 0.6 is 0 Å². The number of benzene rings is 1. The number of rotatable bonds is 3. The fourth-order valence-corrected chi connectivity index (χ4v) is 3.41. The molecule has 1 aliphatic heterocycles. The van der Waals surface area contributed by atoms with Gasteiger partial charge in [0.2, 0.25) is 0 Å². The van der Waals surface area contributed by atoms with Crippen LogP contribution < -0.4 is 0 Å². The number of aromatic nitrogens is 1. The van der Waals surface area contributed by atoms with Crippen LogP contribution in [0.15, 0.2) is 53.3 Å². The third-order valence-corrected chi connectivity index (χ3v) is 4.50. The average molecular weight is 294 g/mol. The van der Waals surface area contributed by atoms with E-state index in [9.17, 15) is 4.79 Å². The molecular weight excluding hydrogens is 276 g/mol. The number of amides is 1. The topological polar surface area (TPSA) is 49.2 Å². The summed E-state index contributed by atoms with van der Waals surface area (Å²) in [5.41, 5.74) is 2.43. The van der Waals surface area contributed by atoms with Crippen LogP contribution in [-0.4, -0.2) is 28.4 Å². The molecule has 0 aliphatic carbocycles. The Balaban J connectivity index is 1.58. The monoisotopic (exact) mass is 294 g/mol. The van der Waals surface area contributed by atoms with E-state index in [2.05, 4.69) is 29.4 Å². The van der Waals surface area contributed by atoms with Crippen LogP contribution in [0.2, 0.25) is 0 Å². The number of furan rings is 1. The van der Waals surface area contributed by atoms with E-state index in [1.807, 2.05) is 11.0 Å². The lowest BCUT2D eigenvalue weighted by atomic mass is 10.0. The second kappa shape index (κ2) is 5.37. The molecule has 4 heteroatoms. The fourth-order valence-electron chi connectivity index (χ4n) is 3.41. The van der Waals surface area contributed by atoms with E-state index in [0.717, 1.165) is 31.3 Å². The predicted molar refractivity (Wildman–Crippen MR) is 84.8 cm³/mol. The average Bonchev–Trinajstić information content (AvgIpc) is 3.28. The Morgan fingerprint density at radius 1 is 1.27 bits per heavy atom. The van der Waals surface area contributed by atoms with Crippen molar-refractivity contribution in [3.8, 4) is 0 Å². The third-order valence-electron chi connectivity index (χ3n) is 4.50. The summed E-state index contributed by atoms with van der Waals surface area (Å²) in [5, 5.41) is 1.25. The lowest BCUT2D eigenvalue weighted by molar-refractivity contribution is 0.0704. The molecule has 1 aromatic carbocycles. The number of aromatic amines is 1. The van der Waals surface area contributed by atoms with Crippen molar-refractivity contribution in [2.75, 3.05) is 6.54 Å². The molecule has 112 valence electrons. The molecule has 1 N–H and O–H groups in total. The quantitative estimate of drug-likeness (QED) is 0.802. The van der Waals surface area contributed by atoms with Gasteiger partial charge in [0.1, 0.15) is 0 Å². The van der Waals surface area contributed by atoms with Crippen molar-refractivity contribution >= 4 is 16.8 Å². The molecule has 0 saturated carbocycles. The first kappa shape index (κ1) is 13.2. The molecule has 1 aliphatic rings. The molecule has 0 bridgehead atoms. The number of hydrogen-bond acceptors (Lipinski definition) is 2. The maximum Gasteiger partial charge on any atom is 0.289 e. The van der Waals surface area contributed by atoms with Crippen molar-refractivity contribution in [2.24, 2.45) is 0 Å². The number of likely N-dealkylation sites (tertiary alicyclic amines) is 1. The summed E-state index contributed by atoms with van der Waals surface area (Å²) in [4.78, 5) is 17.8. The molecule has 0 radical (unpaired) electrons.